The Kier molecular flexibility index (Phi) is 8.32. The number of hydrogen-bond donors (Lipinski definition) is 2. The summed E-state index contributed by atoms with van der Waals surface area (Å²) in [5.74, 6) is 0.142. The van der Waals surface area contributed by atoms with E-state index in [9.17, 15) is 9.59 Å². The van der Waals surface area contributed by atoms with Gasteiger partial charge in [0.1, 0.15) is 5.70 Å². The Bertz CT molecular complexity index is 1430. The fourth-order valence-electron chi connectivity index (χ4n) is 4.19. The van der Waals surface area contributed by atoms with E-state index in [0.29, 0.717) is 36.8 Å². The molecule has 4 rings (SSSR count). The average molecular weight is 518 g/mol. The molecular formula is C28H31N5O5. The Morgan fingerprint density at radius 3 is 2.45 bits per heavy atom. The van der Waals surface area contributed by atoms with Crippen LogP contribution in [0.3, 0.4) is 0 Å². The first kappa shape index (κ1) is 26.3. The number of methoxy groups -OCH3 is 3. The molecule has 0 aliphatic carbocycles. The largest absolute Gasteiger partial charge is 0.493 e. The van der Waals surface area contributed by atoms with Crippen molar-refractivity contribution >= 4 is 28.8 Å². The van der Waals surface area contributed by atoms with E-state index in [0.717, 1.165) is 16.5 Å². The summed E-state index contributed by atoms with van der Waals surface area (Å²) in [6.07, 6.45) is 9.61. The monoisotopic (exact) mass is 517 g/mol. The molecule has 0 saturated heterocycles. The Hall–Kier alpha value is -4.73. The van der Waals surface area contributed by atoms with Crippen LogP contribution in [0.25, 0.3) is 17.0 Å². The summed E-state index contributed by atoms with van der Waals surface area (Å²) in [7, 11) is 6.37. The summed E-state index contributed by atoms with van der Waals surface area (Å²) in [5, 5.41) is 6.65. The van der Waals surface area contributed by atoms with Gasteiger partial charge in [-0.3, -0.25) is 9.59 Å². The molecule has 4 aromatic rings. The van der Waals surface area contributed by atoms with Crippen LogP contribution in [0.15, 0.2) is 67.0 Å². The summed E-state index contributed by atoms with van der Waals surface area (Å²) in [6, 6.07) is 10.9. The van der Waals surface area contributed by atoms with E-state index >= 15 is 0 Å². The first-order valence-corrected chi connectivity index (χ1v) is 12.1. The third-order valence-corrected chi connectivity index (χ3v) is 6.09. The lowest BCUT2D eigenvalue weighted by Gasteiger charge is -2.15. The number of nitrogens with zero attached hydrogens (tertiary/aromatic N) is 3. The van der Waals surface area contributed by atoms with Gasteiger partial charge in [0.05, 0.1) is 27.7 Å². The summed E-state index contributed by atoms with van der Waals surface area (Å²) in [4.78, 5) is 30.6. The van der Waals surface area contributed by atoms with Gasteiger partial charge in [0.15, 0.2) is 11.5 Å². The van der Waals surface area contributed by atoms with E-state index < -0.39 is 11.8 Å². The van der Waals surface area contributed by atoms with Crippen molar-refractivity contribution < 1.29 is 23.8 Å². The minimum absolute atomic E-state index is 0.114. The first-order valence-electron chi connectivity index (χ1n) is 12.1. The number of aryl methyl sites for hydroxylation is 2. The second kappa shape index (κ2) is 12.0. The number of hydrogen-bond acceptors (Lipinski definition) is 6. The van der Waals surface area contributed by atoms with Crippen LogP contribution < -0.4 is 24.8 Å². The van der Waals surface area contributed by atoms with Gasteiger partial charge in [-0.15, -0.1) is 0 Å². The lowest BCUT2D eigenvalue weighted by molar-refractivity contribution is -0.117. The second-order valence-corrected chi connectivity index (χ2v) is 8.55. The lowest BCUT2D eigenvalue weighted by Crippen LogP contribution is -2.35. The van der Waals surface area contributed by atoms with Crippen molar-refractivity contribution in [2.75, 3.05) is 27.9 Å². The second-order valence-electron chi connectivity index (χ2n) is 8.55. The van der Waals surface area contributed by atoms with E-state index in [2.05, 4.69) is 15.6 Å². The summed E-state index contributed by atoms with van der Waals surface area (Å²) >= 11 is 0. The maximum atomic E-state index is 13.3. The SMILES string of the molecule is COc1cc(C(=O)NC(=Cc2cn(C)c3ccccc23)C(=O)NCCCn2ccnc2)cc(OC)c1OC. The van der Waals surface area contributed by atoms with Gasteiger partial charge in [0, 0.05) is 60.8 Å². The number of carbonyl (C=O) groups is 2. The molecule has 0 bridgehead atoms. The third-order valence-electron chi connectivity index (χ3n) is 6.09. The quantitative estimate of drug-likeness (QED) is 0.233. The molecule has 2 aromatic heterocycles. The van der Waals surface area contributed by atoms with Crippen LogP contribution in [-0.4, -0.2) is 53.8 Å². The number of amides is 2. The molecule has 0 radical (unpaired) electrons. The van der Waals surface area contributed by atoms with Gasteiger partial charge in [-0.25, -0.2) is 4.98 Å². The zero-order chi connectivity index (χ0) is 27.1. The molecule has 10 nitrogen and oxygen atoms in total. The molecule has 198 valence electrons. The van der Waals surface area contributed by atoms with Gasteiger partial charge in [-0.2, -0.15) is 0 Å². The molecule has 10 heteroatoms. The summed E-state index contributed by atoms with van der Waals surface area (Å²) < 4.78 is 20.0. The molecule has 0 unspecified atom stereocenters. The molecular weight excluding hydrogens is 486 g/mol. The highest BCUT2D eigenvalue weighted by Gasteiger charge is 2.20. The number of imidazole rings is 1. The van der Waals surface area contributed by atoms with Crippen LogP contribution in [0.4, 0.5) is 0 Å². The van der Waals surface area contributed by atoms with Crippen molar-refractivity contribution in [3.8, 4) is 17.2 Å². The minimum Gasteiger partial charge on any atom is -0.493 e. The molecule has 0 saturated carbocycles. The molecule has 2 N–H and O–H groups in total. The van der Waals surface area contributed by atoms with E-state index in [1.165, 1.54) is 33.5 Å². The topological polar surface area (TPSA) is 109 Å². The molecule has 0 atom stereocenters. The molecule has 2 heterocycles. The molecule has 0 aliphatic heterocycles. The highest BCUT2D eigenvalue weighted by molar-refractivity contribution is 6.07. The normalized spacial score (nSPS) is 11.3. The van der Waals surface area contributed by atoms with Gasteiger partial charge in [-0.05, 0) is 30.7 Å². The number of ether oxygens (including phenoxy) is 3. The average Bonchev–Trinajstić information content (AvgIpc) is 3.57. The number of nitrogens with one attached hydrogen (secondary N) is 2. The van der Waals surface area contributed by atoms with Crippen molar-refractivity contribution in [3.63, 3.8) is 0 Å². The molecule has 0 spiro atoms. The smallest absolute Gasteiger partial charge is 0.267 e. The number of benzene rings is 2. The zero-order valence-corrected chi connectivity index (χ0v) is 21.9. The fraction of sp³-hybridized carbons (Fsp3) is 0.250. The fourth-order valence-corrected chi connectivity index (χ4v) is 4.19. The number of carbonyl (C=O) groups excluding carboxylic acids is 2. The van der Waals surface area contributed by atoms with Crippen molar-refractivity contribution in [3.05, 3.63) is 78.1 Å². The molecule has 0 aliphatic rings. The van der Waals surface area contributed by atoms with E-state index in [1.54, 1.807) is 18.6 Å². The first-order chi connectivity index (χ1) is 18.4. The molecule has 2 aromatic carbocycles. The highest BCUT2D eigenvalue weighted by Crippen LogP contribution is 2.38. The van der Waals surface area contributed by atoms with Gasteiger partial charge in [0.2, 0.25) is 5.75 Å². The number of fused-ring (bicyclic) bond motifs is 1. The standard InChI is InChI=1S/C28H31N5O5/c1-32-17-20(21-8-5-6-9-23(21)32)14-22(28(35)30-10-7-12-33-13-11-29-18-33)31-27(34)19-15-24(36-2)26(38-4)25(16-19)37-3/h5-6,8-9,11,13-18H,7,10,12H2,1-4H3,(H,30,35)(H,31,34). The van der Waals surface area contributed by atoms with Crippen LogP contribution in [0.5, 0.6) is 17.2 Å². The maximum absolute atomic E-state index is 13.3. The van der Waals surface area contributed by atoms with Crippen LogP contribution in [0, 0.1) is 0 Å². The Morgan fingerprint density at radius 2 is 1.79 bits per heavy atom. The lowest BCUT2D eigenvalue weighted by atomic mass is 10.1. The van der Waals surface area contributed by atoms with Crippen molar-refractivity contribution in [1.29, 1.82) is 0 Å². The van der Waals surface area contributed by atoms with Crippen molar-refractivity contribution in [1.82, 2.24) is 24.8 Å². The van der Waals surface area contributed by atoms with Crippen molar-refractivity contribution in [2.45, 2.75) is 13.0 Å². The Balaban J connectivity index is 1.61. The van der Waals surface area contributed by atoms with E-state index in [-0.39, 0.29) is 11.3 Å². The molecule has 0 fully saturated rings. The van der Waals surface area contributed by atoms with Crippen LogP contribution in [0.2, 0.25) is 0 Å². The third kappa shape index (κ3) is 5.80. The van der Waals surface area contributed by atoms with E-state index in [4.69, 9.17) is 14.2 Å². The molecule has 2 amide bonds. The van der Waals surface area contributed by atoms with Crippen molar-refractivity contribution in [2.24, 2.45) is 7.05 Å². The van der Waals surface area contributed by atoms with Crippen LogP contribution >= 0.6 is 0 Å². The van der Waals surface area contributed by atoms with Gasteiger partial charge in [-0.1, -0.05) is 18.2 Å². The summed E-state index contributed by atoms with van der Waals surface area (Å²) in [5.41, 5.74) is 2.17. The summed E-state index contributed by atoms with van der Waals surface area (Å²) in [6.45, 7) is 1.13. The number of para-hydroxylation sites is 1. The van der Waals surface area contributed by atoms with E-state index in [1.807, 2.05) is 52.8 Å². The molecule has 38 heavy (non-hydrogen) atoms. The van der Waals surface area contributed by atoms with Gasteiger partial charge >= 0.3 is 0 Å². The van der Waals surface area contributed by atoms with Gasteiger partial charge in [0.25, 0.3) is 11.8 Å². The van der Waals surface area contributed by atoms with Crippen LogP contribution in [0.1, 0.15) is 22.3 Å². The van der Waals surface area contributed by atoms with Crippen LogP contribution in [-0.2, 0) is 18.4 Å². The van der Waals surface area contributed by atoms with Gasteiger partial charge < -0.3 is 34.0 Å². The Labute approximate surface area is 220 Å². The predicted octanol–water partition coefficient (Wildman–Crippen LogP) is 3.38. The number of aromatic nitrogens is 3. The highest BCUT2D eigenvalue weighted by atomic mass is 16.5. The minimum atomic E-state index is -0.496. The Morgan fingerprint density at radius 1 is 1.05 bits per heavy atom. The maximum Gasteiger partial charge on any atom is 0.267 e. The number of rotatable bonds is 11. The predicted molar refractivity (Wildman–Crippen MR) is 144 cm³/mol. The zero-order valence-electron chi connectivity index (χ0n) is 21.9.